The van der Waals surface area contributed by atoms with E-state index in [2.05, 4.69) is 16.6 Å². The van der Waals surface area contributed by atoms with Gasteiger partial charge in [-0.3, -0.25) is 6.92 Å². The Hall–Kier alpha value is -1.83. The number of benzene rings is 1. The molecule has 0 saturated carbocycles. The van der Waals surface area contributed by atoms with Crippen LogP contribution < -0.4 is 9.22 Å². The minimum absolute atomic E-state index is 0. The molecule has 0 spiro atoms. The van der Waals surface area contributed by atoms with Crippen LogP contribution in [0.2, 0.25) is 0 Å². The van der Waals surface area contributed by atoms with Crippen LogP contribution in [0.3, 0.4) is 0 Å². The first kappa shape index (κ1) is 21.2. The smallest absolute Gasteiger partial charge is 0.345 e. The van der Waals surface area contributed by atoms with Gasteiger partial charge in [-0.15, -0.1) is 0 Å². The van der Waals surface area contributed by atoms with Crippen molar-refractivity contribution in [2.24, 2.45) is 0 Å². The van der Waals surface area contributed by atoms with Crippen molar-refractivity contribution < 1.29 is 47.2 Å². The summed E-state index contributed by atoms with van der Waals surface area (Å²) in [4.78, 5) is 16.0. The summed E-state index contributed by atoms with van der Waals surface area (Å²) in [6, 6.07) is 2.86. The van der Waals surface area contributed by atoms with E-state index < -0.39 is 35.0 Å². The van der Waals surface area contributed by atoms with Crippen molar-refractivity contribution in [1.29, 1.82) is 0 Å². The molecule has 0 N–H and O–H groups in total. The maximum absolute atomic E-state index is 13.5. The Morgan fingerprint density at radius 2 is 1.72 bits per heavy atom. The third-order valence-electron chi connectivity index (χ3n) is 3.43. The third kappa shape index (κ3) is 4.42. The fourth-order valence-corrected chi connectivity index (χ4v) is 1.77. The van der Waals surface area contributed by atoms with E-state index in [0.717, 1.165) is 6.20 Å². The van der Waals surface area contributed by atoms with Crippen molar-refractivity contribution >= 4 is 11.8 Å². The van der Waals surface area contributed by atoms with Gasteiger partial charge in [0.15, 0.2) is 11.6 Å². The Bertz CT molecular complexity index is 756. The van der Waals surface area contributed by atoms with Crippen LogP contribution in [-0.2, 0) is 20.1 Å². The molecule has 0 saturated heterocycles. The Labute approximate surface area is 155 Å². The second kappa shape index (κ2) is 8.03. The maximum Gasteiger partial charge on any atom is 0.345 e. The van der Waals surface area contributed by atoms with Crippen LogP contribution in [0.5, 0.6) is 5.75 Å². The first-order valence-corrected chi connectivity index (χ1v) is 6.81. The Kier molecular flexibility index (Phi) is 6.82. The number of esters is 1. The Morgan fingerprint density at radius 1 is 1.16 bits per heavy atom. The number of quaternary nitrogens is 1. The number of pyridine rings is 1. The molecule has 9 heteroatoms. The molecule has 0 fully saturated rings. The van der Waals surface area contributed by atoms with Crippen molar-refractivity contribution in [2.75, 3.05) is 20.6 Å². The van der Waals surface area contributed by atoms with E-state index in [9.17, 15) is 22.4 Å². The van der Waals surface area contributed by atoms with Gasteiger partial charge in [0.1, 0.15) is 0 Å². The van der Waals surface area contributed by atoms with Crippen LogP contribution >= 0.6 is 0 Å². The molecule has 1 aromatic heterocycles. The van der Waals surface area contributed by atoms with Gasteiger partial charge in [-0.05, 0) is 12.6 Å². The summed E-state index contributed by atoms with van der Waals surface area (Å²) in [5.74, 6) is -8.95. The fraction of sp³-hybridized carbons (Fsp3) is 0.188. The summed E-state index contributed by atoms with van der Waals surface area (Å²) in [7, 11) is 3.68. The van der Waals surface area contributed by atoms with Crippen molar-refractivity contribution in [1.82, 2.24) is 9.47 Å². The van der Waals surface area contributed by atoms with Crippen LogP contribution in [0.1, 0.15) is 10.4 Å². The molecule has 1 radical (unpaired) electrons. The molecule has 135 valence electrons. The van der Waals surface area contributed by atoms with Gasteiger partial charge in [-0.25, -0.2) is 18.6 Å². The van der Waals surface area contributed by atoms with E-state index in [0.29, 0.717) is 16.8 Å². The third-order valence-corrected chi connectivity index (χ3v) is 3.43. The molecule has 0 aliphatic heterocycles. The van der Waals surface area contributed by atoms with E-state index in [-0.39, 0.29) is 31.7 Å². The Morgan fingerprint density at radius 3 is 2.16 bits per heavy atom. The molecule has 4 nitrogen and oxygen atoms in total. The first-order chi connectivity index (χ1) is 11.2. The van der Waals surface area contributed by atoms with E-state index in [1.807, 2.05) is 14.1 Å². The SMILES string of the molecule is [CH2-]C[N+](C)(C)c1ccc(C(=O)Oc2c(F)c(F)cc(F)c2F)cn1.[Tc]. The van der Waals surface area contributed by atoms with Gasteiger partial charge in [0, 0.05) is 38.4 Å². The molecule has 0 aliphatic rings. The van der Waals surface area contributed by atoms with Gasteiger partial charge in [0.2, 0.25) is 23.2 Å². The molecule has 0 unspecified atom stereocenters. The summed E-state index contributed by atoms with van der Waals surface area (Å²) >= 11 is 0. The normalized spacial score (nSPS) is 11.0. The maximum atomic E-state index is 13.5. The predicted molar refractivity (Wildman–Crippen MR) is 79.3 cm³/mol. The summed E-state index contributed by atoms with van der Waals surface area (Å²) < 4.78 is 58.0. The van der Waals surface area contributed by atoms with Crippen molar-refractivity contribution in [3.8, 4) is 5.75 Å². The van der Waals surface area contributed by atoms with Crippen molar-refractivity contribution in [2.45, 2.75) is 0 Å². The number of carbonyl (C=O) groups is 1. The van der Waals surface area contributed by atoms with Crippen molar-refractivity contribution in [3.05, 3.63) is 60.2 Å². The standard InChI is InChI=1S/C16H14F4N2O2.Tc/c1-4-22(2,3)12-6-5-9(8-21-12)16(23)24-15-13(19)10(17)7-11(18)14(15)20;/h5-8H,1,4H2,2-3H3;. The van der Waals surface area contributed by atoms with Gasteiger partial charge in [0.25, 0.3) is 0 Å². The monoisotopic (exact) mass is 439 g/mol. The molecule has 0 amide bonds. The topological polar surface area (TPSA) is 39.2 Å². The van der Waals surface area contributed by atoms with E-state index >= 15 is 0 Å². The number of ether oxygens (including phenoxy) is 1. The number of carbonyl (C=O) groups excluding carboxylic acids is 1. The summed E-state index contributed by atoms with van der Waals surface area (Å²) in [5, 5.41) is 0. The first-order valence-electron chi connectivity index (χ1n) is 6.81. The number of rotatable bonds is 4. The van der Waals surface area contributed by atoms with Crippen LogP contribution in [0.4, 0.5) is 23.4 Å². The van der Waals surface area contributed by atoms with Gasteiger partial charge in [-0.1, -0.05) is 0 Å². The van der Waals surface area contributed by atoms with E-state index in [1.165, 1.54) is 12.1 Å². The number of aromatic nitrogens is 1. The number of halogens is 4. The zero-order valence-electron chi connectivity index (χ0n) is 13.3. The van der Waals surface area contributed by atoms with Crippen molar-refractivity contribution in [3.63, 3.8) is 0 Å². The van der Waals surface area contributed by atoms with E-state index in [4.69, 9.17) is 0 Å². The van der Waals surface area contributed by atoms with Gasteiger partial charge in [0.05, 0.1) is 19.7 Å². The number of hydrogen-bond acceptors (Lipinski definition) is 3. The molecule has 25 heavy (non-hydrogen) atoms. The number of nitrogens with zero attached hydrogens (tertiary/aromatic N) is 2. The summed E-state index contributed by atoms with van der Waals surface area (Å²) in [5.41, 5.74) is -0.133. The summed E-state index contributed by atoms with van der Waals surface area (Å²) in [6.45, 7) is 4.27. The molecular formula is C16H14F4N2O2Tc. The second-order valence-electron chi connectivity index (χ2n) is 5.50. The molecule has 0 aliphatic carbocycles. The molecule has 1 aromatic carbocycles. The van der Waals surface area contributed by atoms with Gasteiger partial charge in [-0.2, -0.15) is 8.78 Å². The van der Waals surface area contributed by atoms with Gasteiger partial charge >= 0.3 is 5.97 Å². The molecule has 2 rings (SSSR count). The Balaban J connectivity index is 0.00000312. The minimum atomic E-state index is -1.79. The van der Waals surface area contributed by atoms with Crippen LogP contribution in [0, 0.1) is 30.2 Å². The van der Waals surface area contributed by atoms with Gasteiger partial charge < -0.3 is 9.22 Å². The quantitative estimate of drug-likeness (QED) is 0.183. The molecule has 0 bridgehead atoms. The van der Waals surface area contributed by atoms with Crippen LogP contribution in [0.15, 0.2) is 24.4 Å². The molecule has 0 atom stereocenters. The molecular weight excluding hydrogens is 426 g/mol. The van der Waals surface area contributed by atoms with Crippen LogP contribution in [-0.4, -0.2) is 31.6 Å². The van der Waals surface area contributed by atoms with E-state index in [1.54, 1.807) is 0 Å². The predicted octanol–water partition coefficient (Wildman–Crippen LogP) is 3.26. The zero-order chi connectivity index (χ0) is 18.1. The minimum Gasteiger partial charge on any atom is -0.416 e. The molecule has 1 heterocycles. The zero-order valence-corrected chi connectivity index (χ0v) is 15.2. The van der Waals surface area contributed by atoms with Crippen LogP contribution in [0.25, 0.3) is 0 Å². The average Bonchev–Trinajstić information content (AvgIpc) is 2.57. The molecule has 2 aromatic rings. The largest absolute Gasteiger partial charge is 0.416 e. The number of hydrogen-bond donors (Lipinski definition) is 0. The second-order valence-corrected chi connectivity index (χ2v) is 5.50. The fourth-order valence-electron chi connectivity index (χ4n) is 1.77. The summed E-state index contributed by atoms with van der Waals surface area (Å²) in [6.07, 6.45) is 1.14. The average molecular weight is 440 g/mol.